The third-order valence-corrected chi connectivity index (χ3v) is 4.74. The van der Waals surface area contributed by atoms with E-state index in [-0.39, 0.29) is 11.8 Å². The molecular weight excluding hydrogens is 388 g/mol. The molecule has 0 aliphatic carbocycles. The molecule has 3 aromatic rings. The van der Waals surface area contributed by atoms with E-state index in [0.29, 0.717) is 5.13 Å². The van der Waals surface area contributed by atoms with Crippen LogP contribution in [0, 0.1) is 0 Å². The Hall–Kier alpha value is -3.52. The van der Waals surface area contributed by atoms with Crippen LogP contribution in [0.2, 0.25) is 0 Å². The monoisotopic (exact) mass is 408 g/mol. The van der Waals surface area contributed by atoms with Crippen LogP contribution in [0.25, 0.3) is 17.3 Å². The molecule has 2 heterocycles. The van der Waals surface area contributed by atoms with Gasteiger partial charge in [-0.1, -0.05) is 12.1 Å². The second-order valence-corrected chi connectivity index (χ2v) is 6.96. The largest absolute Gasteiger partial charge is 0.497 e. The zero-order chi connectivity index (χ0) is 20.6. The van der Waals surface area contributed by atoms with Crippen LogP contribution < -0.4 is 15.4 Å². The predicted molar refractivity (Wildman–Crippen MR) is 114 cm³/mol. The van der Waals surface area contributed by atoms with E-state index in [1.165, 1.54) is 17.4 Å². The van der Waals surface area contributed by atoms with Crippen molar-refractivity contribution in [2.75, 3.05) is 12.4 Å². The second-order valence-electron chi connectivity index (χ2n) is 6.11. The summed E-state index contributed by atoms with van der Waals surface area (Å²) in [4.78, 5) is 32.8. The molecule has 0 aliphatic heterocycles. The fourth-order valence-electron chi connectivity index (χ4n) is 2.41. The van der Waals surface area contributed by atoms with Gasteiger partial charge in [0.1, 0.15) is 11.8 Å². The van der Waals surface area contributed by atoms with Crippen LogP contribution in [0.4, 0.5) is 5.13 Å². The number of hydrogen-bond acceptors (Lipinski definition) is 6. The number of methoxy groups -OCH3 is 1. The average molecular weight is 408 g/mol. The van der Waals surface area contributed by atoms with Gasteiger partial charge in [-0.15, -0.1) is 11.3 Å². The Morgan fingerprint density at radius 2 is 2.00 bits per heavy atom. The summed E-state index contributed by atoms with van der Waals surface area (Å²) >= 11 is 1.31. The maximum Gasteiger partial charge on any atom is 0.248 e. The number of thiazole rings is 1. The van der Waals surface area contributed by atoms with Crippen molar-refractivity contribution in [2.24, 2.45) is 0 Å². The number of benzene rings is 1. The van der Waals surface area contributed by atoms with Crippen LogP contribution in [0.5, 0.6) is 5.75 Å². The van der Waals surface area contributed by atoms with Crippen molar-refractivity contribution in [1.82, 2.24) is 15.3 Å². The Labute approximate surface area is 172 Å². The number of rotatable bonds is 7. The highest BCUT2D eigenvalue weighted by molar-refractivity contribution is 7.14. The standard InChI is InChI=1S/C21H20N4O3S/c1-14(23-19(26)10-7-15-5-8-17(28-2)9-6-15)20(27)25-21-24-18(13-29-21)16-4-3-11-22-12-16/h3-14H,1-2H3,(H,23,26)(H,24,25,27)/b10-7+. The number of amides is 2. The topological polar surface area (TPSA) is 93.2 Å². The van der Waals surface area contributed by atoms with Crippen LogP contribution in [0.15, 0.2) is 60.2 Å². The lowest BCUT2D eigenvalue weighted by Gasteiger charge is -2.11. The van der Waals surface area contributed by atoms with Crippen LogP contribution in [0.3, 0.4) is 0 Å². The van der Waals surface area contributed by atoms with Crippen molar-refractivity contribution >= 4 is 34.4 Å². The van der Waals surface area contributed by atoms with Gasteiger partial charge in [0.05, 0.1) is 12.8 Å². The van der Waals surface area contributed by atoms with Gasteiger partial charge in [-0.05, 0) is 42.8 Å². The molecule has 2 aromatic heterocycles. The van der Waals surface area contributed by atoms with E-state index in [9.17, 15) is 9.59 Å². The fourth-order valence-corrected chi connectivity index (χ4v) is 3.13. The number of carbonyl (C=O) groups is 2. The molecule has 7 nitrogen and oxygen atoms in total. The lowest BCUT2D eigenvalue weighted by atomic mass is 10.2. The molecular formula is C21H20N4O3S. The Morgan fingerprint density at radius 3 is 2.69 bits per heavy atom. The minimum absolute atomic E-state index is 0.344. The van der Waals surface area contributed by atoms with Crippen molar-refractivity contribution in [1.29, 1.82) is 0 Å². The number of carbonyl (C=O) groups excluding carboxylic acids is 2. The van der Waals surface area contributed by atoms with Gasteiger partial charge in [-0.2, -0.15) is 0 Å². The van der Waals surface area contributed by atoms with Gasteiger partial charge < -0.3 is 15.4 Å². The summed E-state index contributed by atoms with van der Waals surface area (Å²) in [5, 5.41) is 7.66. The highest BCUT2D eigenvalue weighted by atomic mass is 32.1. The normalized spacial score (nSPS) is 11.8. The molecule has 0 aliphatic rings. The highest BCUT2D eigenvalue weighted by Crippen LogP contribution is 2.24. The molecule has 1 aromatic carbocycles. The van der Waals surface area contributed by atoms with E-state index in [1.807, 2.05) is 29.6 Å². The number of hydrogen-bond donors (Lipinski definition) is 2. The van der Waals surface area contributed by atoms with Crippen molar-refractivity contribution in [2.45, 2.75) is 13.0 Å². The number of ether oxygens (including phenoxy) is 1. The van der Waals surface area contributed by atoms with Crippen molar-refractivity contribution < 1.29 is 14.3 Å². The third kappa shape index (κ3) is 5.73. The SMILES string of the molecule is COc1ccc(/C=C/C(=O)NC(C)C(=O)Nc2nc(-c3cccnc3)cs2)cc1. The fraction of sp³-hybridized carbons (Fsp3) is 0.143. The Morgan fingerprint density at radius 1 is 1.21 bits per heavy atom. The summed E-state index contributed by atoms with van der Waals surface area (Å²) in [5.74, 6) is 0.0349. The molecule has 3 rings (SSSR count). The summed E-state index contributed by atoms with van der Waals surface area (Å²) in [6.45, 7) is 1.62. The quantitative estimate of drug-likeness (QED) is 0.585. The van der Waals surface area contributed by atoms with E-state index < -0.39 is 6.04 Å². The highest BCUT2D eigenvalue weighted by Gasteiger charge is 2.16. The summed E-state index contributed by atoms with van der Waals surface area (Å²) < 4.78 is 5.09. The third-order valence-electron chi connectivity index (χ3n) is 3.99. The maximum atomic E-state index is 12.3. The molecule has 0 radical (unpaired) electrons. The molecule has 0 saturated carbocycles. The molecule has 1 atom stereocenters. The molecule has 29 heavy (non-hydrogen) atoms. The number of aromatic nitrogens is 2. The van der Waals surface area contributed by atoms with Gasteiger partial charge in [-0.3, -0.25) is 14.6 Å². The van der Waals surface area contributed by atoms with Gasteiger partial charge in [-0.25, -0.2) is 4.98 Å². The molecule has 2 amide bonds. The lowest BCUT2D eigenvalue weighted by Crippen LogP contribution is -2.40. The molecule has 8 heteroatoms. The van der Waals surface area contributed by atoms with Gasteiger partial charge >= 0.3 is 0 Å². The number of anilines is 1. The van der Waals surface area contributed by atoms with Crippen molar-refractivity contribution in [3.05, 3.63) is 65.8 Å². The second kappa shape index (κ2) is 9.61. The zero-order valence-electron chi connectivity index (χ0n) is 16.0. The van der Waals surface area contributed by atoms with E-state index in [1.54, 1.807) is 44.6 Å². The minimum atomic E-state index is -0.714. The van der Waals surface area contributed by atoms with Gasteiger partial charge in [0.15, 0.2) is 5.13 Å². The molecule has 148 valence electrons. The first kappa shape index (κ1) is 20.2. The van der Waals surface area contributed by atoms with Gasteiger partial charge in [0.2, 0.25) is 11.8 Å². The number of pyridine rings is 1. The molecule has 0 saturated heterocycles. The Bertz CT molecular complexity index is 1000. The Balaban J connectivity index is 1.52. The molecule has 0 spiro atoms. The van der Waals surface area contributed by atoms with Crippen LogP contribution in [-0.2, 0) is 9.59 Å². The molecule has 2 N–H and O–H groups in total. The zero-order valence-corrected chi connectivity index (χ0v) is 16.8. The predicted octanol–water partition coefficient (Wildman–Crippen LogP) is 3.37. The van der Waals surface area contributed by atoms with Crippen LogP contribution >= 0.6 is 11.3 Å². The smallest absolute Gasteiger partial charge is 0.248 e. The summed E-state index contributed by atoms with van der Waals surface area (Å²) in [6, 6.07) is 10.3. The minimum Gasteiger partial charge on any atom is -0.497 e. The van der Waals surface area contributed by atoms with E-state index in [2.05, 4.69) is 20.6 Å². The summed E-state index contributed by atoms with van der Waals surface area (Å²) in [7, 11) is 1.59. The average Bonchev–Trinajstić information content (AvgIpc) is 3.21. The van der Waals surface area contributed by atoms with Gasteiger partial charge in [0.25, 0.3) is 0 Å². The Kier molecular flexibility index (Phi) is 6.70. The summed E-state index contributed by atoms with van der Waals surface area (Å²) in [6.07, 6.45) is 6.44. The lowest BCUT2D eigenvalue weighted by molar-refractivity contribution is -0.123. The van der Waals surface area contributed by atoms with Crippen molar-refractivity contribution in [3.63, 3.8) is 0 Å². The van der Waals surface area contributed by atoms with Crippen LogP contribution in [-0.4, -0.2) is 34.9 Å². The molecule has 0 bridgehead atoms. The van der Waals surface area contributed by atoms with E-state index in [4.69, 9.17) is 4.74 Å². The molecule has 1 unspecified atom stereocenters. The van der Waals surface area contributed by atoms with Crippen LogP contribution in [0.1, 0.15) is 12.5 Å². The van der Waals surface area contributed by atoms with E-state index in [0.717, 1.165) is 22.6 Å². The first-order valence-electron chi connectivity index (χ1n) is 8.84. The van der Waals surface area contributed by atoms with Crippen molar-refractivity contribution in [3.8, 4) is 17.0 Å². The maximum absolute atomic E-state index is 12.3. The molecule has 0 fully saturated rings. The number of nitrogens with one attached hydrogen (secondary N) is 2. The van der Waals surface area contributed by atoms with Gasteiger partial charge in [0, 0.05) is 29.4 Å². The first-order chi connectivity index (χ1) is 14.0. The summed E-state index contributed by atoms with van der Waals surface area (Å²) in [5.41, 5.74) is 2.45. The first-order valence-corrected chi connectivity index (χ1v) is 9.72. The van der Waals surface area contributed by atoms with E-state index >= 15 is 0 Å². The number of nitrogens with zero attached hydrogens (tertiary/aromatic N) is 2.